The quantitative estimate of drug-likeness (QED) is 0.369. The number of hydrogen-bond donors (Lipinski definition) is 0. The average Bonchev–Trinajstić information content (AvgIpc) is 2.87. The Bertz CT molecular complexity index is 1490. The Balaban J connectivity index is 1.78. The van der Waals surface area contributed by atoms with Gasteiger partial charge in [-0.15, -0.1) is 0 Å². The lowest BCUT2D eigenvalue weighted by molar-refractivity contribution is 0.593. The standard InChI is InChI=1S/C30H23NO2S/c1-25-18-22-29(23-19-25)34(32,33)31(24-10-15-26-11-4-2-5-12-26)30-17-9-8-16-28(30)21-20-27-13-6-3-7-14-27/h2-9,11-14,16-19,22-23H,24H2,1H3. The summed E-state index contributed by atoms with van der Waals surface area (Å²) in [6.45, 7) is 1.92. The maximum atomic E-state index is 13.7. The summed E-state index contributed by atoms with van der Waals surface area (Å²) >= 11 is 0. The van der Waals surface area contributed by atoms with Crippen LogP contribution in [-0.4, -0.2) is 15.0 Å². The van der Waals surface area contributed by atoms with Crippen LogP contribution < -0.4 is 4.31 Å². The van der Waals surface area contributed by atoms with Crippen molar-refractivity contribution >= 4 is 15.7 Å². The molecular formula is C30H23NO2S. The van der Waals surface area contributed by atoms with E-state index >= 15 is 0 Å². The van der Waals surface area contributed by atoms with Gasteiger partial charge < -0.3 is 0 Å². The molecule has 3 nitrogen and oxygen atoms in total. The van der Waals surface area contributed by atoms with E-state index in [1.165, 1.54) is 4.31 Å². The van der Waals surface area contributed by atoms with E-state index in [4.69, 9.17) is 0 Å². The Kier molecular flexibility index (Phi) is 7.13. The summed E-state index contributed by atoms with van der Waals surface area (Å²) in [4.78, 5) is 0.213. The number of hydrogen-bond acceptors (Lipinski definition) is 2. The van der Waals surface area contributed by atoms with Crippen LogP contribution in [0.25, 0.3) is 0 Å². The van der Waals surface area contributed by atoms with Crippen LogP contribution in [0.2, 0.25) is 0 Å². The first-order valence-corrected chi connectivity index (χ1v) is 12.3. The summed E-state index contributed by atoms with van der Waals surface area (Å²) in [5.74, 6) is 12.4. The minimum absolute atomic E-state index is 0.00483. The molecule has 0 saturated carbocycles. The molecule has 4 rings (SSSR count). The molecule has 0 aliphatic carbocycles. The predicted molar refractivity (Wildman–Crippen MR) is 138 cm³/mol. The van der Waals surface area contributed by atoms with Crippen molar-refractivity contribution in [2.45, 2.75) is 11.8 Å². The van der Waals surface area contributed by atoms with Crippen LogP contribution in [0.1, 0.15) is 22.3 Å². The Morgan fingerprint density at radius 2 is 1.21 bits per heavy atom. The minimum Gasteiger partial charge on any atom is -0.253 e. The molecule has 4 aromatic carbocycles. The van der Waals surface area contributed by atoms with Gasteiger partial charge in [0.2, 0.25) is 0 Å². The summed E-state index contributed by atoms with van der Waals surface area (Å²) in [7, 11) is -3.87. The van der Waals surface area contributed by atoms with Crippen LogP contribution in [0.3, 0.4) is 0 Å². The van der Waals surface area contributed by atoms with Gasteiger partial charge in [0.1, 0.15) is 0 Å². The number of nitrogens with zero attached hydrogens (tertiary/aromatic N) is 1. The smallest absolute Gasteiger partial charge is 0.253 e. The molecule has 0 N–H and O–H groups in total. The molecule has 0 aromatic heterocycles. The first-order valence-electron chi connectivity index (χ1n) is 10.8. The topological polar surface area (TPSA) is 37.4 Å². The number of sulfonamides is 1. The minimum atomic E-state index is -3.87. The molecule has 0 atom stereocenters. The van der Waals surface area contributed by atoms with Crippen molar-refractivity contribution in [1.82, 2.24) is 0 Å². The van der Waals surface area contributed by atoms with E-state index < -0.39 is 10.0 Å². The van der Waals surface area contributed by atoms with Gasteiger partial charge in [0, 0.05) is 16.7 Å². The summed E-state index contributed by atoms with van der Waals surface area (Å²) in [5.41, 5.74) is 3.78. The van der Waals surface area contributed by atoms with E-state index in [-0.39, 0.29) is 11.4 Å². The molecule has 166 valence electrons. The van der Waals surface area contributed by atoms with Crippen LogP contribution in [0.5, 0.6) is 0 Å². The van der Waals surface area contributed by atoms with Crippen molar-refractivity contribution in [2.75, 3.05) is 10.8 Å². The van der Waals surface area contributed by atoms with Gasteiger partial charge in [0.25, 0.3) is 10.0 Å². The average molecular weight is 462 g/mol. The summed E-state index contributed by atoms with van der Waals surface area (Å²) in [5, 5.41) is 0. The summed E-state index contributed by atoms with van der Waals surface area (Å²) < 4.78 is 28.8. The molecule has 0 heterocycles. The fourth-order valence-corrected chi connectivity index (χ4v) is 4.72. The largest absolute Gasteiger partial charge is 0.265 e. The Morgan fingerprint density at radius 1 is 0.647 bits per heavy atom. The molecule has 0 aliphatic rings. The first kappa shape index (κ1) is 22.9. The van der Waals surface area contributed by atoms with E-state index in [9.17, 15) is 8.42 Å². The maximum absolute atomic E-state index is 13.7. The lowest BCUT2D eigenvalue weighted by atomic mass is 10.1. The molecule has 0 radical (unpaired) electrons. The monoisotopic (exact) mass is 461 g/mol. The highest BCUT2D eigenvalue weighted by molar-refractivity contribution is 7.92. The van der Waals surface area contributed by atoms with Gasteiger partial charge >= 0.3 is 0 Å². The fraction of sp³-hybridized carbons (Fsp3) is 0.0667. The molecule has 4 heteroatoms. The van der Waals surface area contributed by atoms with Gasteiger partial charge in [-0.05, 0) is 55.5 Å². The zero-order chi connectivity index (χ0) is 23.8. The van der Waals surface area contributed by atoms with Crippen molar-refractivity contribution < 1.29 is 8.42 Å². The van der Waals surface area contributed by atoms with Gasteiger partial charge in [0.05, 0.1) is 17.1 Å². The van der Waals surface area contributed by atoms with Crippen molar-refractivity contribution in [3.05, 3.63) is 131 Å². The molecule has 0 fully saturated rings. The Hall–Kier alpha value is -4.25. The van der Waals surface area contributed by atoms with Crippen LogP contribution in [-0.2, 0) is 10.0 Å². The second-order valence-corrected chi connectivity index (χ2v) is 9.49. The molecule has 4 aromatic rings. The second-order valence-electron chi connectivity index (χ2n) is 7.63. The van der Waals surface area contributed by atoms with Crippen LogP contribution in [0.15, 0.2) is 114 Å². The molecule has 0 amide bonds. The lowest BCUT2D eigenvalue weighted by Gasteiger charge is -2.23. The van der Waals surface area contributed by atoms with Gasteiger partial charge in [0.15, 0.2) is 0 Å². The van der Waals surface area contributed by atoms with E-state index in [2.05, 4.69) is 23.7 Å². The van der Waals surface area contributed by atoms with Crippen molar-refractivity contribution in [2.24, 2.45) is 0 Å². The number of benzene rings is 4. The highest BCUT2D eigenvalue weighted by Crippen LogP contribution is 2.27. The van der Waals surface area contributed by atoms with Gasteiger partial charge in [-0.25, -0.2) is 8.42 Å². The zero-order valence-electron chi connectivity index (χ0n) is 18.8. The van der Waals surface area contributed by atoms with E-state index in [1.807, 2.05) is 85.8 Å². The van der Waals surface area contributed by atoms with Crippen LogP contribution in [0, 0.1) is 30.6 Å². The maximum Gasteiger partial charge on any atom is 0.265 e. The Morgan fingerprint density at radius 3 is 1.85 bits per heavy atom. The number of rotatable bonds is 4. The van der Waals surface area contributed by atoms with Gasteiger partial charge in [-0.2, -0.15) is 0 Å². The first-order chi connectivity index (χ1) is 16.5. The highest BCUT2D eigenvalue weighted by Gasteiger charge is 2.25. The lowest BCUT2D eigenvalue weighted by Crippen LogP contribution is -2.32. The second kappa shape index (κ2) is 10.6. The molecule has 0 bridgehead atoms. The summed E-state index contributed by atoms with van der Waals surface area (Å²) in [6, 6.07) is 33.2. The number of para-hydroxylation sites is 1. The molecule has 0 aliphatic heterocycles. The molecule has 34 heavy (non-hydrogen) atoms. The van der Waals surface area contributed by atoms with Crippen molar-refractivity contribution in [3.63, 3.8) is 0 Å². The third-order valence-electron chi connectivity index (χ3n) is 5.13. The summed E-state index contributed by atoms with van der Waals surface area (Å²) in [6.07, 6.45) is 0. The third-order valence-corrected chi connectivity index (χ3v) is 6.90. The number of anilines is 1. The normalized spacial score (nSPS) is 10.4. The zero-order valence-corrected chi connectivity index (χ0v) is 19.6. The van der Waals surface area contributed by atoms with Crippen molar-refractivity contribution in [1.29, 1.82) is 0 Å². The molecule has 0 saturated heterocycles. The molecule has 0 unspecified atom stereocenters. The van der Waals surface area contributed by atoms with Crippen LogP contribution >= 0.6 is 0 Å². The van der Waals surface area contributed by atoms with Crippen LogP contribution in [0.4, 0.5) is 5.69 Å². The van der Waals surface area contributed by atoms with E-state index in [0.29, 0.717) is 11.3 Å². The highest BCUT2D eigenvalue weighted by atomic mass is 32.2. The molecular weight excluding hydrogens is 438 g/mol. The number of aryl methyl sites for hydroxylation is 1. The third kappa shape index (κ3) is 5.56. The Labute approximate surface area is 201 Å². The fourth-order valence-electron chi connectivity index (χ4n) is 3.33. The van der Waals surface area contributed by atoms with E-state index in [0.717, 1.165) is 16.7 Å². The molecule has 0 spiro atoms. The van der Waals surface area contributed by atoms with Gasteiger partial charge in [-0.3, -0.25) is 4.31 Å². The van der Waals surface area contributed by atoms with Gasteiger partial charge in [-0.1, -0.05) is 89.9 Å². The SMILES string of the molecule is Cc1ccc(S(=O)(=O)N(CC#Cc2ccccc2)c2ccccc2C#Cc2ccccc2)cc1. The van der Waals surface area contributed by atoms with Crippen molar-refractivity contribution in [3.8, 4) is 23.7 Å². The van der Waals surface area contributed by atoms with E-state index in [1.54, 1.807) is 30.3 Å². The predicted octanol–water partition coefficient (Wildman–Crippen LogP) is 5.64.